The van der Waals surface area contributed by atoms with Crippen LogP contribution < -0.4 is 21.7 Å². The number of amides is 3. The fourth-order valence-electron chi connectivity index (χ4n) is 3.96. The molecule has 7 N–H and O–H groups in total. The summed E-state index contributed by atoms with van der Waals surface area (Å²) >= 11 is 0. The van der Waals surface area contributed by atoms with Gasteiger partial charge < -0.3 is 31.9 Å². The van der Waals surface area contributed by atoms with E-state index in [9.17, 15) is 29.4 Å². The number of aliphatic carboxylic acids is 1. The highest BCUT2D eigenvalue weighted by molar-refractivity contribution is 5.94. The van der Waals surface area contributed by atoms with Crippen molar-refractivity contribution in [3.63, 3.8) is 0 Å². The second kappa shape index (κ2) is 14.9. The Kier molecular flexibility index (Phi) is 11.9. The Labute approximate surface area is 229 Å². The first kappa shape index (κ1) is 31.3. The maximum absolute atomic E-state index is 13.6. The Bertz CT molecular complexity index is 1110. The minimum absolute atomic E-state index is 0.0284. The lowest BCUT2D eigenvalue weighted by molar-refractivity contribution is -0.143. The Morgan fingerprint density at radius 1 is 0.769 bits per heavy atom. The maximum atomic E-state index is 13.6. The molecular formula is C29H40N4O6. The second-order valence-electron chi connectivity index (χ2n) is 10.2. The first-order chi connectivity index (χ1) is 18.4. The van der Waals surface area contributed by atoms with E-state index in [1.54, 1.807) is 26.0 Å². The highest BCUT2D eigenvalue weighted by Crippen LogP contribution is 2.13. The van der Waals surface area contributed by atoms with E-state index >= 15 is 0 Å². The van der Waals surface area contributed by atoms with Gasteiger partial charge in [0.05, 0.1) is 6.04 Å². The van der Waals surface area contributed by atoms with Crippen LogP contribution in [0.4, 0.5) is 0 Å². The highest BCUT2D eigenvalue weighted by atomic mass is 16.4. The Morgan fingerprint density at radius 3 is 1.74 bits per heavy atom. The van der Waals surface area contributed by atoms with Crippen LogP contribution in [0.2, 0.25) is 0 Å². The topological polar surface area (TPSA) is 171 Å². The number of nitrogens with two attached hydrogens (primary N) is 1. The number of carbonyl (C=O) groups is 4. The molecule has 0 saturated carbocycles. The third-order valence-electron chi connectivity index (χ3n) is 6.72. The lowest BCUT2D eigenvalue weighted by Crippen LogP contribution is -2.59. The third-order valence-corrected chi connectivity index (χ3v) is 6.72. The number of nitrogens with one attached hydrogen (secondary N) is 3. The molecular weight excluding hydrogens is 500 g/mol. The summed E-state index contributed by atoms with van der Waals surface area (Å²) in [6.45, 7) is 7.10. The van der Waals surface area contributed by atoms with E-state index in [0.717, 1.165) is 5.56 Å². The van der Waals surface area contributed by atoms with Gasteiger partial charge >= 0.3 is 5.97 Å². The molecule has 0 aliphatic heterocycles. The van der Waals surface area contributed by atoms with Gasteiger partial charge in [-0.3, -0.25) is 14.4 Å². The third kappa shape index (κ3) is 9.72. The largest absolute Gasteiger partial charge is 0.508 e. The predicted molar refractivity (Wildman–Crippen MR) is 148 cm³/mol. The summed E-state index contributed by atoms with van der Waals surface area (Å²) in [6.07, 6.45) is 0.864. The van der Waals surface area contributed by atoms with Crippen molar-refractivity contribution in [2.24, 2.45) is 17.6 Å². The number of rotatable bonds is 14. The Morgan fingerprint density at radius 2 is 1.26 bits per heavy atom. The minimum Gasteiger partial charge on any atom is -0.508 e. The van der Waals surface area contributed by atoms with Crippen LogP contribution in [0.5, 0.6) is 5.75 Å². The smallest absolute Gasteiger partial charge is 0.326 e. The molecule has 212 valence electrons. The number of aromatic hydroxyl groups is 1. The van der Waals surface area contributed by atoms with Crippen molar-refractivity contribution < 1.29 is 29.4 Å². The monoisotopic (exact) mass is 540 g/mol. The lowest BCUT2D eigenvalue weighted by atomic mass is 9.98. The molecule has 5 atom stereocenters. The van der Waals surface area contributed by atoms with Crippen LogP contribution in [0, 0.1) is 11.8 Å². The van der Waals surface area contributed by atoms with Crippen molar-refractivity contribution in [2.45, 2.75) is 71.1 Å². The molecule has 2 aromatic carbocycles. The molecule has 0 radical (unpaired) electrons. The van der Waals surface area contributed by atoms with Gasteiger partial charge in [0, 0.05) is 12.8 Å². The van der Waals surface area contributed by atoms with E-state index in [1.807, 2.05) is 44.2 Å². The van der Waals surface area contributed by atoms with Crippen molar-refractivity contribution in [3.05, 3.63) is 65.7 Å². The van der Waals surface area contributed by atoms with E-state index in [0.29, 0.717) is 12.0 Å². The van der Waals surface area contributed by atoms with Crippen LogP contribution in [0.3, 0.4) is 0 Å². The number of carboxylic acids is 1. The number of phenolic OH excluding ortho intramolecular Hbond substituents is 1. The van der Waals surface area contributed by atoms with Crippen LogP contribution >= 0.6 is 0 Å². The maximum Gasteiger partial charge on any atom is 0.326 e. The number of phenols is 1. The summed E-state index contributed by atoms with van der Waals surface area (Å²) in [4.78, 5) is 51.4. The van der Waals surface area contributed by atoms with Crippen molar-refractivity contribution in [2.75, 3.05) is 0 Å². The number of carboxylic acid groups (broad SMARTS) is 1. The molecule has 10 nitrogen and oxygen atoms in total. The van der Waals surface area contributed by atoms with Gasteiger partial charge in [0.2, 0.25) is 17.7 Å². The molecule has 3 amide bonds. The molecule has 2 aromatic rings. The first-order valence-electron chi connectivity index (χ1n) is 13.1. The molecule has 2 rings (SSSR count). The Balaban J connectivity index is 2.33. The van der Waals surface area contributed by atoms with Gasteiger partial charge in [-0.2, -0.15) is 0 Å². The zero-order valence-electron chi connectivity index (χ0n) is 22.9. The summed E-state index contributed by atoms with van der Waals surface area (Å²) in [7, 11) is 0. The molecule has 0 bridgehead atoms. The quantitative estimate of drug-likeness (QED) is 0.212. The normalized spacial score (nSPS) is 14.9. The molecule has 10 heteroatoms. The SMILES string of the molecule is CCC(C)C(N)C(=O)NC(Cc1ccccc1)C(=O)NC(Cc1ccc(O)cc1)C(=O)NC(C(=O)O)C(C)C. The number of hydrogen-bond donors (Lipinski definition) is 6. The van der Waals surface area contributed by atoms with Gasteiger partial charge in [-0.1, -0.05) is 76.6 Å². The number of hydrogen-bond acceptors (Lipinski definition) is 6. The van der Waals surface area contributed by atoms with Crippen LogP contribution in [0.25, 0.3) is 0 Å². The van der Waals surface area contributed by atoms with Gasteiger partial charge in [0.25, 0.3) is 0 Å². The van der Waals surface area contributed by atoms with E-state index in [4.69, 9.17) is 5.73 Å². The van der Waals surface area contributed by atoms with E-state index in [-0.39, 0.29) is 24.5 Å². The number of benzene rings is 2. The lowest BCUT2D eigenvalue weighted by Gasteiger charge is -2.27. The summed E-state index contributed by atoms with van der Waals surface area (Å²) < 4.78 is 0. The summed E-state index contributed by atoms with van der Waals surface area (Å²) in [5.74, 6) is -3.44. The van der Waals surface area contributed by atoms with Crippen LogP contribution in [-0.4, -0.2) is 58.1 Å². The fourth-order valence-corrected chi connectivity index (χ4v) is 3.96. The molecule has 0 spiro atoms. The van der Waals surface area contributed by atoms with Crippen LogP contribution in [0.15, 0.2) is 54.6 Å². The van der Waals surface area contributed by atoms with Crippen molar-refractivity contribution in [1.29, 1.82) is 0 Å². The summed E-state index contributed by atoms with van der Waals surface area (Å²) in [5.41, 5.74) is 7.53. The summed E-state index contributed by atoms with van der Waals surface area (Å²) in [5, 5.41) is 27.1. The average Bonchev–Trinajstić information content (AvgIpc) is 2.91. The zero-order valence-corrected chi connectivity index (χ0v) is 22.9. The molecule has 0 fully saturated rings. The van der Waals surface area contributed by atoms with Gasteiger partial charge in [-0.05, 0) is 35.1 Å². The zero-order chi connectivity index (χ0) is 29.1. The molecule has 0 aromatic heterocycles. The molecule has 5 unspecified atom stereocenters. The summed E-state index contributed by atoms with van der Waals surface area (Å²) in [6, 6.07) is 11.1. The van der Waals surface area contributed by atoms with Crippen LogP contribution in [0.1, 0.15) is 45.2 Å². The van der Waals surface area contributed by atoms with Crippen LogP contribution in [-0.2, 0) is 32.0 Å². The second-order valence-corrected chi connectivity index (χ2v) is 10.2. The molecule has 39 heavy (non-hydrogen) atoms. The molecule has 0 aliphatic rings. The Hall–Kier alpha value is -3.92. The minimum atomic E-state index is -1.19. The van der Waals surface area contributed by atoms with Crippen molar-refractivity contribution >= 4 is 23.7 Å². The molecule has 0 aliphatic carbocycles. The molecule has 0 saturated heterocycles. The fraction of sp³-hybridized carbons (Fsp3) is 0.448. The highest BCUT2D eigenvalue weighted by Gasteiger charge is 2.32. The van der Waals surface area contributed by atoms with Gasteiger partial charge in [-0.15, -0.1) is 0 Å². The molecule has 0 heterocycles. The van der Waals surface area contributed by atoms with Crippen molar-refractivity contribution in [3.8, 4) is 5.75 Å². The van der Waals surface area contributed by atoms with E-state index in [1.165, 1.54) is 12.1 Å². The van der Waals surface area contributed by atoms with E-state index in [2.05, 4.69) is 16.0 Å². The number of carbonyl (C=O) groups excluding carboxylic acids is 3. The first-order valence-corrected chi connectivity index (χ1v) is 13.1. The van der Waals surface area contributed by atoms with Gasteiger partial charge in [0.1, 0.15) is 23.9 Å². The van der Waals surface area contributed by atoms with Gasteiger partial charge in [-0.25, -0.2) is 4.79 Å². The van der Waals surface area contributed by atoms with Crippen molar-refractivity contribution in [1.82, 2.24) is 16.0 Å². The van der Waals surface area contributed by atoms with E-state index < -0.39 is 53.8 Å². The standard InChI is InChI=1S/C29H40N4O6/c1-5-18(4)24(30)28(37)32-22(15-19-9-7-6-8-10-19)26(35)31-23(16-20-11-13-21(34)14-12-20)27(36)33-25(17(2)3)29(38)39/h6-14,17-18,22-25,34H,5,15-16,30H2,1-4H3,(H,31,35)(H,32,37)(H,33,36)(H,38,39). The van der Waals surface area contributed by atoms with Gasteiger partial charge in [0.15, 0.2) is 0 Å². The predicted octanol–water partition coefficient (Wildman–Crippen LogP) is 1.75. The average molecular weight is 541 g/mol.